The Morgan fingerprint density at radius 3 is 2.40 bits per heavy atom. The maximum Gasteiger partial charge on any atom is 0.340 e. The number of aryl methyl sites for hydroxylation is 1. The molecule has 2 nitrogen and oxygen atoms in total. The van der Waals surface area contributed by atoms with Gasteiger partial charge in [0.25, 0.3) is 0 Å². The Morgan fingerprint density at radius 1 is 0.967 bits per heavy atom. The van der Waals surface area contributed by atoms with Crippen LogP contribution in [0.4, 0.5) is 0 Å². The second-order valence-electron chi connectivity index (χ2n) is 6.89. The molecular weight excluding hydrogens is 368 g/mol. The highest BCUT2D eigenvalue weighted by Gasteiger charge is 2.15. The average molecular weight is 392 g/mol. The largest absolute Gasteiger partial charge is 0.454 e. The molecule has 0 N–H and O–H groups in total. The van der Waals surface area contributed by atoms with Gasteiger partial charge in [-0.15, -0.1) is 0 Å². The lowest BCUT2D eigenvalue weighted by Crippen LogP contribution is -2.16. The predicted molar refractivity (Wildman–Crippen MR) is 123 cm³/mol. The molecule has 1 unspecified atom stereocenters. The van der Waals surface area contributed by atoms with E-state index in [4.69, 9.17) is 4.74 Å². The van der Waals surface area contributed by atoms with Crippen molar-refractivity contribution in [1.82, 2.24) is 0 Å². The number of ether oxygens (including phenoxy) is 1. The molecule has 0 saturated heterocycles. The quantitative estimate of drug-likeness (QED) is 0.283. The summed E-state index contributed by atoms with van der Waals surface area (Å²) in [4.78, 5) is 12.8. The van der Waals surface area contributed by atoms with Crippen LogP contribution in [0.15, 0.2) is 97.6 Å². The lowest BCUT2D eigenvalue weighted by molar-refractivity contribution is 0.0400. The van der Waals surface area contributed by atoms with Crippen LogP contribution in [0.2, 0.25) is 0 Å². The first-order chi connectivity index (χ1) is 14.7. The van der Waals surface area contributed by atoms with Gasteiger partial charge in [0.1, 0.15) is 6.10 Å². The van der Waals surface area contributed by atoms with Crippen molar-refractivity contribution in [3.63, 3.8) is 0 Å². The van der Waals surface area contributed by atoms with Gasteiger partial charge in [0.15, 0.2) is 0 Å². The third kappa shape index (κ3) is 6.09. The molecule has 0 heterocycles. The second kappa shape index (κ2) is 10.6. The Balaban J connectivity index is 1.69. The van der Waals surface area contributed by atoms with Crippen LogP contribution in [0.25, 0.3) is 6.08 Å². The van der Waals surface area contributed by atoms with Crippen LogP contribution in [0.3, 0.4) is 0 Å². The molecule has 0 aliphatic heterocycles. The van der Waals surface area contributed by atoms with Crippen LogP contribution in [0.1, 0.15) is 39.0 Å². The summed E-state index contributed by atoms with van der Waals surface area (Å²) in [5, 5.41) is 0. The van der Waals surface area contributed by atoms with Crippen molar-refractivity contribution in [1.29, 1.82) is 0 Å². The zero-order valence-corrected chi connectivity index (χ0v) is 17.0. The van der Waals surface area contributed by atoms with Crippen LogP contribution in [0, 0.1) is 18.8 Å². The fraction of sp³-hybridized carbons (Fsp3) is 0.107. The van der Waals surface area contributed by atoms with Crippen molar-refractivity contribution in [2.75, 3.05) is 0 Å². The first kappa shape index (κ1) is 20.9. The van der Waals surface area contributed by atoms with Crippen molar-refractivity contribution in [3.8, 4) is 11.8 Å². The first-order valence-electron chi connectivity index (χ1n) is 9.88. The summed E-state index contributed by atoms with van der Waals surface area (Å²) < 4.78 is 5.66. The number of carbonyl (C=O) groups excluding carboxylic acids is 1. The van der Waals surface area contributed by atoms with E-state index in [9.17, 15) is 4.79 Å². The average Bonchev–Trinajstić information content (AvgIpc) is 2.79. The molecule has 30 heavy (non-hydrogen) atoms. The Bertz CT molecular complexity index is 1080. The van der Waals surface area contributed by atoms with Crippen molar-refractivity contribution in [2.45, 2.75) is 19.4 Å². The van der Waals surface area contributed by atoms with E-state index >= 15 is 0 Å². The van der Waals surface area contributed by atoms with Crippen molar-refractivity contribution in [2.24, 2.45) is 0 Å². The molecule has 0 aliphatic rings. The third-order valence-corrected chi connectivity index (χ3v) is 4.54. The van der Waals surface area contributed by atoms with E-state index < -0.39 is 12.1 Å². The van der Waals surface area contributed by atoms with Crippen LogP contribution < -0.4 is 0 Å². The summed E-state index contributed by atoms with van der Waals surface area (Å²) in [7, 11) is 0. The SMILES string of the molecule is C=CC(C/C=C/c1ccccc1)OC(=O)c1ccccc1C#Cc1ccc(C)cc1. The monoisotopic (exact) mass is 392 g/mol. The molecule has 1 atom stereocenters. The number of benzene rings is 3. The van der Waals surface area contributed by atoms with Crippen molar-refractivity contribution >= 4 is 12.0 Å². The van der Waals surface area contributed by atoms with Gasteiger partial charge in [-0.25, -0.2) is 4.79 Å². The summed E-state index contributed by atoms with van der Waals surface area (Å²) in [6.07, 6.45) is 5.79. The van der Waals surface area contributed by atoms with Gasteiger partial charge in [0, 0.05) is 17.5 Å². The highest BCUT2D eigenvalue weighted by Crippen LogP contribution is 2.14. The Kier molecular flexibility index (Phi) is 7.41. The van der Waals surface area contributed by atoms with Gasteiger partial charge in [-0.3, -0.25) is 0 Å². The van der Waals surface area contributed by atoms with Crippen molar-refractivity contribution < 1.29 is 9.53 Å². The van der Waals surface area contributed by atoms with E-state index in [2.05, 4.69) is 18.4 Å². The highest BCUT2D eigenvalue weighted by atomic mass is 16.5. The molecule has 3 aromatic carbocycles. The molecule has 0 saturated carbocycles. The van der Waals surface area contributed by atoms with Gasteiger partial charge in [0.05, 0.1) is 5.56 Å². The van der Waals surface area contributed by atoms with E-state index in [0.717, 1.165) is 11.1 Å². The summed E-state index contributed by atoms with van der Waals surface area (Å²) in [6.45, 7) is 5.84. The minimum absolute atomic E-state index is 0.401. The molecular formula is C28H24O2. The van der Waals surface area contributed by atoms with Gasteiger partial charge in [0.2, 0.25) is 0 Å². The van der Waals surface area contributed by atoms with Crippen LogP contribution in [0.5, 0.6) is 0 Å². The highest BCUT2D eigenvalue weighted by molar-refractivity contribution is 5.92. The van der Waals surface area contributed by atoms with Crippen molar-refractivity contribution in [3.05, 3.63) is 125 Å². The molecule has 0 aliphatic carbocycles. The van der Waals surface area contributed by atoms with Crippen LogP contribution in [-0.4, -0.2) is 12.1 Å². The molecule has 0 aromatic heterocycles. The number of hydrogen-bond donors (Lipinski definition) is 0. The lowest BCUT2D eigenvalue weighted by atomic mass is 10.1. The summed E-state index contributed by atoms with van der Waals surface area (Å²) in [5.41, 5.74) is 4.28. The molecule has 2 heteroatoms. The molecule has 0 bridgehead atoms. The number of hydrogen-bond acceptors (Lipinski definition) is 2. The number of rotatable bonds is 6. The molecule has 3 rings (SSSR count). The van der Waals surface area contributed by atoms with E-state index in [-0.39, 0.29) is 0 Å². The minimum atomic E-state index is -0.407. The Morgan fingerprint density at radius 2 is 1.67 bits per heavy atom. The maximum absolute atomic E-state index is 12.8. The molecule has 0 radical (unpaired) electrons. The number of esters is 1. The van der Waals surface area contributed by atoms with E-state index in [1.165, 1.54) is 5.56 Å². The predicted octanol–water partition coefficient (Wildman–Crippen LogP) is 6.21. The zero-order chi connectivity index (χ0) is 21.2. The van der Waals surface area contributed by atoms with E-state index in [1.54, 1.807) is 12.1 Å². The third-order valence-electron chi connectivity index (χ3n) is 4.54. The standard InChI is InChI=1S/C28H24O2/c1-3-26(14-9-12-23-10-5-4-6-11-23)30-28(29)27-15-8-7-13-25(27)21-20-24-18-16-22(2)17-19-24/h3-13,15-19,26H,1,14H2,2H3/b12-9+. The zero-order valence-electron chi connectivity index (χ0n) is 17.0. The van der Waals surface area contributed by atoms with Gasteiger partial charge in [-0.1, -0.05) is 96.8 Å². The number of carbonyl (C=O) groups is 1. The Labute approximate surface area is 178 Å². The molecule has 0 amide bonds. The molecule has 0 spiro atoms. The molecule has 0 fully saturated rings. The molecule has 3 aromatic rings. The second-order valence-corrected chi connectivity index (χ2v) is 6.89. The first-order valence-corrected chi connectivity index (χ1v) is 9.88. The smallest absolute Gasteiger partial charge is 0.340 e. The van der Waals surface area contributed by atoms with Gasteiger partial charge in [-0.2, -0.15) is 0 Å². The summed E-state index contributed by atoms with van der Waals surface area (Å²) in [6, 6.07) is 25.2. The minimum Gasteiger partial charge on any atom is -0.454 e. The van der Waals surface area contributed by atoms with E-state index in [1.807, 2.05) is 91.9 Å². The molecule has 148 valence electrons. The summed E-state index contributed by atoms with van der Waals surface area (Å²) in [5.74, 6) is 5.81. The fourth-order valence-corrected chi connectivity index (χ4v) is 2.84. The van der Waals surface area contributed by atoms with Gasteiger partial charge < -0.3 is 4.74 Å². The lowest BCUT2D eigenvalue weighted by Gasteiger charge is -2.13. The Hall–Kier alpha value is -3.83. The maximum atomic E-state index is 12.8. The van der Waals surface area contributed by atoms with Crippen LogP contribution in [-0.2, 0) is 4.74 Å². The summed E-state index contributed by atoms with van der Waals surface area (Å²) >= 11 is 0. The topological polar surface area (TPSA) is 26.3 Å². The van der Waals surface area contributed by atoms with Gasteiger partial charge >= 0.3 is 5.97 Å². The van der Waals surface area contributed by atoms with E-state index in [0.29, 0.717) is 17.5 Å². The van der Waals surface area contributed by atoms with Gasteiger partial charge in [-0.05, 0) is 36.8 Å². The van der Waals surface area contributed by atoms with Crippen LogP contribution >= 0.6 is 0 Å². The fourth-order valence-electron chi connectivity index (χ4n) is 2.84. The normalized spacial score (nSPS) is 11.4.